The van der Waals surface area contributed by atoms with E-state index in [0.29, 0.717) is 33.4 Å². The maximum atomic E-state index is 6.40. The summed E-state index contributed by atoms with van der Waals surface area (Å²) in [6, 6.07) is 7.18. The summed E-state index contributed by atoms with van der Waals surface area (Å²) < 4.78 is 10.8. The van der Waals surface area contributed by atoms with Crippen molar-refractivity contribution in [3.63, 3.8) is 0 Å². The molecule has 0 N–H and O–H groups in total. The topological polar surface area (TPSA) is 66.6 Å². The Bertz CT molecular complexity index is 876. The summed E-state index contributed by atoms with van der Waals surface area (Å²) in [5.74, 6) is 2.03. The molecule has 0 atom stereocenters. The van der Waals surface area contributed by atoms with Crippen molar-refractivity contribution in [1.29, 1.82) is 0 Å². The molecule has 0 spiro atoms. The van der Waals surface area contributed by atoms with Gasteiger partial charge in [-0.3, -0.25) is 0 Å². The van der Waals surface area contributed by atoms with Crippen LogP contribution in [-0.4, -0.2) is 24.4 Å². The van der Waals surface area contributed by atoms with Crippen LogP contribution in [0.1, 0.15) is 25.5 Å². The lowest BCUT2D eigenvalue weighted by Gasteiger charge is -2.10. The van der Waals surface area contributed by atoms with Crippen molar-refractivity contribution in [2.24, 2.45) is 0 Å². The van der Waals surface area contributed by atoms with Crippen LogP contribution in [0.5, 0.6) is 11.5 Å². The number of fused-ring (bicyclic) bond motifs is 1. The summed E-state index contributed by atoms with van der Waals surface area (Å²) >= 11 is 6.40. The summed E-state index contributed by atoms with van der Waals surface area (Å²) in [7, 11) is 3.00. The van der Waals surface area contributed by atoms with Crippen molar-refractivity contribution in [3.05, 3.63) is 35.0 Å². The number of halogens is 1. The number of aromatic nitrogens is 2. The fourth-order valence-electron chi connectivity index (χ4n) is 2.35. The molecule has 0 aliphatic carbocycles. The Morgan fingerprint density at radius 1 is 1.08 bits per heavy atom. The van der Waals surface area contributed by atoms with Gasteiger partial charge >= 0.3 is 0 Å². The van der Waals surface area contributed by atoms with Gasteiger partial charge in [0.2, 0.25) is 0 Å². The van der Waals surface area contributed by atoms with Gasteiger partial charge < -0.3 is 14.1 Å². The van der Waals surface area contributed by atoms with E-state index in [1.54, 1.807) is 19.2 Å². The first-order valence-corrected chi connectivity index (χ1v) is 7.77. The average Bonchev–Trinajstić information content (AvgIpc) is 3.07. The molecular weight excluding hydrogens is 332 g/mol. The van der Waals surface area contributed by atoms with E-state index in [-0.39, 0.29) is 5.92 Å². The molecule has 0 unspecified atom stereocenters. The van der Waals surface area contributed by atoms with E-state index < -0.39 is 0 Å². The van der Waals surface area contributed by atoms with Crippen molar-refractivity contribution in [3.8, 4) is 22.9 Å². The first-order valence-electron chi connectivity index (χ1n) is 7.40. The highest BCUT2D eigenvalue weighted by Crippen LogP contribution is 2.38. The van der Waals surface area contributed by atoms with Gasteiger partial charge in [0.1, 0.15) is 22.2 Å². The molecule has 0 saturated carbocycles. The normalized spacial score (nSPS) is 11.2. The van der Waals surface area contributed by atoms with Crippen LogP contribution in [0, 0.1) is 0 Å². The third-order valence-corrected chi connectivity index (χ3v) is 3.96. The van der Waals surface area contributed by atoms with Gasteiger partial charge in [-0.25, -0.2) is 4.98 Å². The van der Waals surface area contributed by atoms with E-state index in [4.69, 9.17) is 25.7 Å². The van der Waals surface area contributed by atoms with E-state index in [1.807, 2.05) is 26.0 Å². The maximum absolute atomic E-state index is 6.40. The second-order valence-electron chi connectivity index (χ2n) is 5.50. The number of rotatable bonds is 5. The van der Waals surface area contributed by atoms with Gasteiger partial charge in [0.25, 0.3) is 0 Å². The molecule has 2 heterocycles. The van der Waals surface area contributed by atoms with E-state index >= 15 is 0 Å². The molecule has 24 heavy (non-hydrogen) atoms. The van der Waals surface area contributed by atoms with Crippen molar-refractivity contribution in [2.75, 3.05) is 14.2 Å². The Kier molecular flexibility index (Phi) is 4.59. The molecule has 126 valence electrons. The molecule has 0 fully saturated rings. The summed E-state index contributed by atoms with van der Waals surface area (Å²) in [6.45, 7) is 4.06. The van der Waals surface area contributed by atoms with Crippen LogP contribution in [0.4, 0.5) is 0 Å². The Hall–Kier alpha value is -2.31. The smallest absolute Gasteiger partial charge is 0.186 e. The number of benzene rings is 1. The highest BCUT2D eigenvalue weighted by molar-refractivity contribution is 6.36. The average molecular weight is 349 g/mol. The third-order valence-electron chi connectivity index (χ3n) is 3.60. The quantitative estimate of drug-likeness (QED) is 0.495. The lowest BCUT2D eigenvalue weighted by molar-refractivity contribution is -0.177. The number of hydrogen-bond acceptors (Lipinski definition) is 6. The molecule has 0 amide bonds. The monoisotopic (exact) mass is 348 g/mol. The van der Waals surface area contributed by atoms with Gasteiger partial charge in [0.05, 0.1) is 25.4 Å². The highest BCUT2D eigenvalue weighted by atomic mass is 35.5. The molecule has 0 bridgehead atoms. The zero-order valence-electron chi connectivity index (χ0n) is 13.8. The number of ether oxygens (including phenoxy) is 1. The first-order chi connectivity index (χ1) is 11.5. The van der Waals surface area contributed by atoms with E-state index in [9.17, 15) is 0 Å². The van der Waals surface area contributed by atoms with Gasteiger partial charge in [-0.15, -0.1) is 0 Å². The zero-order valence-corrected chi connectivity index (χ0v) is 14.5. The molecule has 0 saturated heterocycles. The predicted octanol–water partition coefficient (Wildman–Crippen LogP) is 4.62. The van der Waals surface area contributed by atoms with E-state index in [0.717, 1.165) is 11.1 Å². The summed E-state index contributed by atoms with van der Waals surface area (Å²) in [4.78, 5) is 14.3. The van der Waals surface area contributed by atoms with Crippen LogP contribution in [0.25, 0.3) is 22.3 Å². The maximum Gasteiger partial charge on any atom is 0.186 e. The van der Waals surface area contributed by atoms with Crippen LogP contribution < -0.4 is 9.62 Å². The third kappa shape index (κ3) is 2.90. The minimum Gasteiger partial charge on any atom is -0.496 e. The predicted molar refractivity (Wildman–Crippen MR) is 90.5 cm³/mol. The Morgan fingerprint density at radius 2 is 1.88 bits per heavy atom. The molecule has 0 aliphatic heterocycles. The molecule has 0 radical (unpaired) electrons. The SMILES string of the molecule is COOc1ccc2c(OC)cc(-c3cc(C(C)C)on3)nc2c1Cl. The van der Waals surface area contributed by atoms with E-state index in [2.05, 4.69) is 15.0 Å². The van der Waals surface area contributed by atoms with Gasteiger partial charge in [-0.1, -0.05) is 30.6 Å². The van der Waals surface area contributed by atoms with Crippen molar-refractivity contribution in [2.45, 2.75) is 19.8 Å². The minimum absolute atomic E-state index is 0.235. The minimum atomic E-state index is 0.235. The van der Waals surface area contributed by atoms with Crippen molar-refractivity contribution < 1.29 is 19.0 Å². The van der Waals surface area contributed by atoms with Gasteiger partial charge in [0, 0.05) is 23.4 Å². The summed E-state index contributed by atoms with van der Waals surface area (Å²) in [6.07, 6.45) is 0. The fourth-order valence-corrected chi connectivity index (χ4v) is 2.58. The van der Waals surface area contributed by atoms with Crippen molar-refractivity contribution in [1.82, 2.24) is 10.1 Å². The lowest BCUT2D eigenvalue weighted by atomic mass is 10.1. The second-order valence-corrected chi connectivity index (χ2v) is 5.88. The molecule has 0 aliphatic rings. The first kappa shape index (κ1) is 16.5. The number of hydrogen-bond donors (Lipinski definition) is 0. The highest BCUT2D eigenvalue weighted by Gasteiger charge is 2.17. The molecular formula is C17H17ClN2O4. The van der Waals surface area contributed by atoms with E-state index in [1.165, 1.54) is 7.11 Å². The zero-order chi connectivity index (χ0) is 17.3. The number of methoxy groups -OCH3 is 1. The van der Waals surface area contributed by atoms with Crippen LogP contribution in [0.15, 0.2) is 28.8 Å². The van der Waals surface area contributed by atoms with Gasteiger partial charge in [-0.05, 0) is 12.1 Å². The van der Waals surface area contributed by atoms with Gasteiger partial charge in [0.15, 0.2) is 5.75 Å². The molecule has 6 nitrogen and oxygen atoms in total. The van der Waals surface area contributed by atoms with Gasteiger partial charge in [-0.2, -0.15) is 4.89 Å². The number of pyridine rings is 1. The molecule has 7 heteroatoms. The Labute approximate surface area is 144 Å². The Morgan fingerprint density at radius 3 is 2.50 bits per heavy atom. The summed E-state index contributed by atoms with van der Waals surface area (Å²) in [5.41, 5.74) is 1.76. The second kappa shape index (κ2) is 6.67. The van der Waals surface area contributed by atoms with Crippen LogP contribution in [-0.2, 0) is 4.89 Å². The fraction of sp³-hybridized carbons (Fsp3) is 0.294. The largest absolute Gasteiger partial charge is 0.496 e. The Balaban J connectivity index is 2.19. The molecule has 3 aromatic rings. The van der Waals surface area contributed by atoms with Crippen LogP contribution >= 0.6 is 11.6 Å². The molecule has 1 aromatic carbocycles. The standard InChI is InChI=1S/C17H17ClN2O4/c1-9(2)14-8-12(20-23-14)11-7-15(21-3)10-5-6-13(24-22-4)16(18)17(10)19-11/h5-9H,1-4H3. The van der Waals surface area contributed by atoms with Crippen LogP contribution in [0.2, 0.25) is 5.02 Å². The van der Waals surface area contributed by atoms with Crippen LogP contribution in [0.3, 0.4) is 0 Å². The molecule has 3 rings (SSSR count). The van der Waals surface area contributed by atoms with Crippen molar-refractivity contribution >= 4 is 22.5 Å². The summed E-state index contributed by atoms with van der Waals surface area (Å²) in [5, 5.41) is 5.19. The lowest BCUT2D eigenvalue weighted by Crippen LogP contribution is -1.95. The molecule has 2 aromatic heterocycles. The number of nitrogens with zero attached hydrogens (tertiary/aromatic N) is 2.